The quantitative estimate of drug-likeness (QED) is 0.113. The van der Waals surface area contributed by atoms with Gasteiger partial charge in [-0.3, -0.25) is 0 Å². The third-order valence-corrected chi connectivity index (χ3v) is 24.7. The van der Waals surface area contributed by atoms with Crippen molar-refractivity contribution in [1.82, 2.24) is 29.9 Å². The van der Waals surface area contributed by atoms with E-state index in [1.54, 1.807) is 0 Å². The number of pyridine rings is 6. The summed E-state index contributed by atoms with van der Waals surface area (Å²) in [5.41, 5.74) is 47.0. The third kappa shape index (κ3) is 16.1. The second-order valence-corrected chi connectivity index (χ2v) is 34.1. The van der Waals surface area contributed by atoms with Crippen molar-refractivity contribution in [3.63, 3.8) is 0 Å². The third-order valence-electron chi connectivity index (χ3n) is 24.7. The highest BCUT2D eigenvalue weighted by Crippen LogP contribution is 2.46. The highest BCUT2D eigenvalue weighted by atomic mass is 14.8. The topological polar surface area (TPSA) is 77.3 Å². The van der Waals surface area contributed by atoms with Crippen LogP contribution in [0.2, 0.25) is 0 Å². The van der Waals surface area contributed by atoms with Gasteiger partial charge in [-0.15, -0.1) is 0 Å². The SMILES string of the molecule is Cc1cc(C)cc(-c2cc(-c3ccccc3)c3ccc4c(-c5ccccc5)cc(-c5cc(C)cc(C)c5)nc4c3n2)c1.Cc1ccc(-c2cc(-c3ccccc3)c3ccc4c(-c5ccccc5)cc(-c5ccc(C)c(C)c5)nc4c3n2)cc1C.Cc1ccc(-c2cc(-c3ccccc3)c3ccc4c(-c5ccccc5)cc(-c5ccc(C)cc5C)nc4c3n2)c(C)c1. The van der Waals surface area contributed by atoms with Crippen LogP contribution in [-0.2, 0) is 0 Å². The Balaban J connectivity index is 0.000000123. The molecule has 0 fully saturated rings. The van der Waals surface area contributed by atoms with Crippen molar-refractivity contribution in [2.24, 2.45) is 0 Å². The highest BCUT2D eigenvalue weighted by molar-refractivity contribution is 6.17. The molecular weight excluding hydrogens is 1530 g/mol. The molecule has 606 valence electrons. The minimum Gasteiger partial charge on any atom is -0.245 e. The van der Waals surface area contributed by atoms with E-state index in [0.29, 0.717) is 0 Å². The first-order valence-corrected chi connectivity index (χ1v) is 43.5. The average Bonchev–Trinajstić information content (AvgIpc) is 0.749. The number of rotatable bonds is 12. The zero-order chi connectivity index (χ0) is 86.4. The van der Waals surface area contributed by atoms with Crippen LogP contribution < -0.4 is 0 Å². The highest BCUT2D eigenvalue weighted by Gasteiger charge is 2.24. The smallest absolute Gasteiger partial charge is 0.0978 e. The minimum absolute atomic E-state index is 0.921. The van der Waals surface area contributed by atoms with Gasteiger partial charge in [-0.1, -0.05) is 325 Å². The Bertz CT molecular complexity index is 7290. The number of nitrogens with zero attached hydrogens (tertiary/aromatic N) is 6. The second-order valence-electron chi connectivity index (χ2n) is 34.1. The van der Waals surface area contributed by atoms with E-state index in [0.717, 1.165) is 166 Å². The van der Waals surface area contributed by atoms with Crippen LogP contribution in [-0.4, -0.2) is 29.9 Å². The lowest BCUT2D eigenvalue weighted by molar-refractivity contribution is 1.31. The van der Waals surface area contributed by atoms with E-state index in [2.05, 4.69) is 447 Å². The molecule has 0 N–H and O–H groups in total. The van der Waals surface area contributed by atoms with Gasteiger partial charge in [0.15, 0.2) is 0 Å². The molecule has 0 saturated carbocycles. The summed E-state index contributed by atoms with van der Waals surface area (Å²) in [5, 5.41) is 6.62. The molecule has 126 heavy (non-hydrogen) atoms. The predicted octanol–water partition coefficient (Wildman–Crippen LogP) is 32.1. The van der Waals surface area contributed by atoms with Crippen LogP contribution in [0.3, 0.4) is 0 Å². The number of hydrogen-bond acceptors (Lipinski definition) is 6. The van der Waals surface area contributed by atoms with E-state index in [-0.39, 0.29) is 0 Å². The summed E-state index contributed by atoms with van der Waals surface area (Å²) in [7, 11) is 0. The Morgan fingerprint density at radius 3 is 0.579 bits per heavy atom. The summed E-state index contributed by atoms with van der Waals surface area (Å²) in [4.78, 5) is 32.3. The van der Waals surface area contributed by atoms with Gasteiger partial charge >= 0.3 is 0 Å². The van der Waals surface area contributed by atoms with Crippen LogP contribution in [0.25, 0.3) is 200 Å². The molecule has 0 aliphatic carbocycles. The van der Waals surface area contributed by atoms with Crippen LogP contribution in [0.5, 0.6) is 0 Å². The Morgan fingerprint density at radius 1 is 0.127 bits per heavy atom. The van der Waals surface area contributed by atoms with Gasteiger partial charge in [0.2, 0.25) is 0 Å². The Hall–Kier alpha value is -15.2. The van der Waals surface area contributed by atoms with Gasteiger partial charge in [0.1, 0.15) is 0 Å². The Labute approximate surface area is 738 Å². The zero-order valence-corrected chi connectivity index (χ0v) is 73.3. The van der Waals surface area contributed by atoms with Gasteiger partial charge in [-0.2, -0.15) is 0 Å². The lowest BCUT2D eigenvalue weighted by Gasteiger charge is -2.16. The molecule has 0 unspecified atom stereocenters. The molecule has 0 atom stereocenters. The van der Waals surface area contributed by atoms with Crippen LogP contribution in [0.4, 0.5) is 0 Å². The number of fused-ring (bicyclic) bond motifs is 9. The average molecular weight is 1620 g/mol. The first kappa shape index (κ1) is 80.5. The Kier molecular flexibility index (Phi) is 21.9. The van der Waals surface area contributed by atoms with E-state index < -0.39 is 0 Å². The number of hydrogen-bond donors (Lipinski definition) is 0. The van der Waals surface area contributed by atoms with Crippen molar-refractivity contribution in [3.05, 3.63) is 431 Å². The number of aromatic nitrogens is 6. The van der Waals surface area contributed by atoms with Gasteiger partial charge < -0.3 is 0 Å². The van der Waals surface area contributed by atoms with Gasteiger partial charge in [0.05, 0.1) is 67.3 Å². The zero-order valence-electron chi connectivity index (χ0n) is 73.3. The molecule has 0 aliphatic heterocycles. The molecular formula is C120H96N6. The molecule has 6 aromatic heterocycles. The van der Waals surface area contributed by atoms with E-state index in [1.165, 1.54) is 100 Å². The molecule has 0 spiro atoms. The van der Waals surface area contributed by atoms with E-state index >= 15 is 0 Å². The van der Waals surface area contributed by atoms with Crippen LogP contribution in [0.1, 0.15) is 66.8 Å². The number of aryl methyl sites for hydroxylation is 12. The molecule has 0 radical (unpaired) electrons. The normalized spacial score (nSPS) is 11.3. The summed E-state index contributed by atoms with van der Waals surface area (Å²) in [6, 6.07) is 130. The molecule has 0 bridgehead atoms. The van der Waals surface area contributed by atoms with Gasteiger partial charge in [-0.25, -0.2) is 29.9 Å². The molecule has 21 rings (SSSR count). The van der Waals surface area contributed by atoms with E-state index in [1.807, 2.05) is 0 Å². The molecule has 6 nitrogen and oxygen atoms in total. The molecule has 0 amide bonds. The first-order valence-electron chi connectivity index (χ1n) is 43.5. The maximum Gasteiger partial charge on any atom is 0.0978 e. The fourth-order valence-corrected chi connectivity index (χ4v) is 18.2. The van der Waals surface area contributed by atoms with Crippen molar-refractivity contribution in [2.75, 3.05) is 0 Å². The fraction of sp³-hybridized carbons (Fsp3) is 0.100. The lowest BCUT2D eigenvalue weighted by atomic mass is 9.92. The minimum atomic E-state index is 0.921. The molecule has 0 saturated heterocycles. The van der Waals surface area contributed by atoms with Gasteiger partial charge in [0.25, 0.3) is 0 Å². The second kappa shape index (κ2) is 34.2. The molecule has 0 aliphatic rings. The summed E-state index contributed by atoms with van der Waals surface area (Å²) < 4.78 is 0. The van der Waals surface area contributed by atoms with Crippen molar-refractivity contribution in [1.29, 1.82) is 0 Å². The summed E-state index contributed by atoms with van der Waals surface area (Å²) in [6.45, 7) is 25.8. The van der Waals surface area contributed by atoms with Crippen molar-refractivity contribution in [2.45, 2.75) is 83.1 Å². The maximum absolute atomic E-state index is 5.39. The van der Waals surface area contributed by atoms with Crippen molar-refractivity contribution in [3.8, 4) is 134 Å². The molecule has 15 aromatic carbocycles. The molecule has 21 aromatic rings. The maximum atomic E-state index is 5.39. The van der Waals surface area contributed by atoms with Crippen molar-refractivity contribution < 1.29 is 0 Å². The Morgan fingerprint density at radius 2 is 0.349 bits per heavy atom. The van der Waals surface area contributed by atoms with E-state index in [4.69, 9.17) is 29.9 Å². The standard InChI is InChI=1S/3C40H32N2/c1-25-15-17-31(21-27(25)3)37-23-35(29-11-7-5-8-12-29)33-19-20-34-36(30-13-9-6-10-14-30)24-38(42-40(34)39(33)41-37)32-18-16-26(2)28(4)22-32;1-25-15-17-31(27(3)21-25)37-23-35(29-11-7-5-8-12-29)33-19-20-34-36(30-13-9-6-10-14-30)24-38(42-40(34)39(33)41-37)32-18-16-26(2)22-28(32)4;1-25-17-26(2)20-31(19-25)37-23-35(29-11-7-5-8-12-29)33-15-16-34-36(30-13-9-6-10-14-30)24-38(42-40(34)39(33)41-37)32-21-27(3)18-28(4)22-32/h3*5-24H,1-4H3. The number of benzene rings is 15. The molecule has 6 heteroatoms. The first-order chi connectivity index (χ1) is 61.3. The monoisotopic (exact) mass is 1620 g/mol. The lowest BCUT2D eigenvalue weighted by Crippen LogP contribution is -1.97. The van der Waals surface area contributed by atoms with Crippen molar-refractivity contribution >= 4 is 65.4 Å². The largest absolute Gasteiger partial charge is 0.245 e. The van der Waals surface area contributed by atoms with E-state index in [9.17, 15) is 0 Å². The molecule has 6 heterocycles. The summed E-state index contributed by atoms with van der Waals surface area (Å²) >= 11 is 0. The summed E-state index contributed by atoms with van der Waals surface area (Å²) in [6.07, 6.45) is 0. The van der Waals surface area contributed by atoms with Crippen LogP contribution in [0.15, 0.2) is 364 Å². The fourth-order valence-electron chi connectivity index (χ4n) is 18.2. The van der Waals surface area contributed by atoms with Gasteiger partial charge in [0, 0.05) is 65.7 Å². The van der Waals surface area contributed by atoms with Crippen LogP contribution >= 0.6 is 0 Å². The van der Waals surface area contributed by atoms with Gasteiger partial charge in [-0.05, 0) is 256 Å². The van der Waals surface area contributed by atoms with Crippen LogP contribution in [0, 0.1) is 83.1 Å². The predicted molar refractivity (Wildman–Crippen MR) is 533 cm³/mol. The summed E-state index contributed by atoms with van der Waals surface area (Å²) in [5.74, 6) is 0.